The Balaban J connectivity index is 1.26. The van der Waals surface area contributed by atoms with Crippen molar-refractivity contribution in [3.8, 4) is 44.5 Å². The monoisotopic (exact) mass is 452 g/mol. The zero-order valence-electron chi connectivity index (χ0n) is 18.9. The lowest BCUT2D eigenvalue weighted by atomic mass is 9.98. The average molecular weight is 453 g/mol. The van der Waals surface area contributed by atoms with Crippen LogP contribution in [-0.4, -0.2) is 9.97 Å². The lowest BCUT2D eigenvalue weighted by Gasteiger charge is -2.08. The molecule has 6 aromatic rings. The third kappa shape index (κ3) is 4.32. The highest BCUT2D eigenvalue weighted by Crippen LogP contribution is 2.30. The number of benzene rings is 4. The van der Waals surface area contributed by atoms with Gasteiger partial charge in [0.1, 0.15) is 5.82 Å². The van der Waals surface area contributed by atoms with E-state index >= 15 is 0 Å². The van der Waals surface area contributed by atoms with Crippen LogP contribution >= 0.6 is 0 Å². The normalized spacial score (nSPS) is 11.0. The van der Waals surface area contributed by atoms with Crippen molar-refractivity contribution >= 4 is 10.9 Å². The van der Waals surface area contributed by atoms with Crippen molar-refractivity contribution in [2.75, 3.05) is 0 Å². The lowest BCUT2D eigenvalue weighted by Crippen LogP contribution is -1.86. The van der Waals surface area contributed by atoms with Gasteiger partial charge in [-0.3, -0.25) is 9.97 Å². The van der Waals surface area contributed by atoms with E-state index in [0.717, 1.165) is 49.8 Å². The Bertz CT molecular complexity index is 1610. The minimum absolute atomic E-state index is 0.223. The van der Waals surface area contributed by atoms with Gasteiger partial charge in [-0.1, -0.05) is 72.8 Å². The third-order valence-corrected chi connectivity index (χ3v) is 6.31. The Hall–Kier alpha value is -4.63. The van der Waals surface area contributed by atoms with Gasteiger partial charge in [-0.2, -0.15) is 0 Å². The van der Waals surface area contributed by atoms with Crippen molar-refractivity contribution in [2.45, 2.75) is 0 Å². The predicted octanol–water partition coefficient (Wildman–Crippen LogP) is 8.44. The molecule has 0 bridgehead atoms. The van der Waals surface area contributed by atoms with E-state index in [9.17, 15) is 4.39 Å². The molecule has 0 radical (unpaired) electrons. The molecule has 166 valence electrons. The summed E-state index contributed by atoms with van der Waals surface area (Å²) < 4.78 is 13.2. The van der Waals surface area contributed by atoms with Crippen molar-refractivity contribution in [3.05, 3.63) is 134 Å². The second-order valence-corrected chi connectivity index (χ2v) is 8.53. The largest absolute Gasteiger partial charge is 0.265 e. The van der Waals surface area contributed by atoms with Gasteiger partial charge in [0.25, 0.3) is 0 Å². The van der Waals surface area contributed by atoms with E-state index in [0.29, 0.717) is 0 Å². The Labute approximate surface area is 203 Å². The van der Waals surface area contributed by atoms with E-state index in [4.69, 9.17) is 4.98 Å². The SMILES string of the molecule is Fc1ccc(-c2ccc(-c3ccc4cc(-c5ccc(-c6ccncc6)cc5)cnc4c3)cc2)cc1. The highest BCUT2D eigenvalue weighted by Gasteiger charge is 2.06. The van der Waals surface area contributed by atoms with Gasteiger partial charge >= 0.3 is 0 Å². The zero-order valence-corrected chi connectivity index (χ0v) is 18.9. The van der Waals surface area contributed by atoms with Crippen LogP contribution < -0.4 is 0 Å². The number of hydrogen-bond acceptors (Lipinski definition) is 2. The minimum atomic E-state index is -0.223. The minimum Gasteiger partial charge on any atom is -0.265 e. The molecule has 0 fully saturated rings. The summed E-state index contributed by atoms with van der Waals surface area (Å²) in [5.74, 6) is -0.223. The van der Waals surface area contributed by atoms with Gasteiger partial charge in [-0.25, -0.2) is 4.39 Å². The van der Waals surface area contributed by atoms with Gasteiger partial charge in [0.2, 0.25) is 0 Å². The first kappa shape index (κ1) is 20.9. The van der Waals surface area contributed by atoms with Crippen LogP contribution in [0.25, 0.3) is 55.4 Å². The van der Waals surface area contributed by atoms with Gasteiger partial charge in [0, 0.05) is 29.5 Å². The topological polar surface area (TPSA) is 25.8 Å². The molecule has 2 aromatic heterocycles. The van der Waals surface area contributed by atoms with Crippen molar-refractivity contribution in [2.24, 2.45) is 0 Å². The first-order chi connectivity index (χ1) is 17.2. The van der Waals surface area contributed by atoms with Gasteiger partial charge in [0.05, 0.1) is 5.52 Å². The van der Waals surface area contributed by atoms with E-state index < -0.39 is 0 Å². The number of aromatic nitrogens is 2. The number of rotatable bonds is 4. The van der Waals surface area contributed by atoms with E-state index in [1.807, 2.05) is 30.7 Å². The summed E-state index contributed by atoms with van der Waals surface area (Å²) in [6.07, 6.45) is 5.56. The number of nitrogens with zero attached hydrogens (tertiary/aromatic N) is 2. The van der Waals surface area contributed by atoms with Crippen LogP contribution in [-0.2, 0) is 0 Å². The van der Waals surface area contributed by atoms with E-state index in [2.05, 4.69) is 77.8 Å². The maximum atomic E-state index is 13.2. The molecule has 0 saturated heterocycles. The Morgan fingerprint density at radius 3 is 1.49 bits per heavy atom. The summed E-state index contributed by atoms with van der Waals surface area (Å²) in [5, 5.41) is 1.10. The second-order valence-electron chi connectivity index (χ2n) is 8.53. The van der Waals surface area contributed by atoms with E-state index in [1.54, 1.807) is 12.1 Å². The van der Waals surface area contributed by atoms with Crippen LogP contribution in [0.15, 0.2) is 128 Å². The highest BCUT2D eigenvalue weighted by molar-refractivity contribution is 5.88. The fourth-order valence-corrected chi connectivity index (χ4v) is 4.36. The lowest BCUT2D eigenvalue weighted by molar-refractivity contribution is 0.628. The molecule has 0 amide bonds. The number of hydrogen-bond donors (Lipinski definition) is 0. The molecule has 0 atom stereocenters. The van der Waals surface area contributed by atoms with Crippen LogP contribution in [0.2, 0.25) is 0 Å². The fourth-order valence-electron chi connectivity index (χ4n) is 4.36. The summed E-state index contributed by atoms with van der Waals surface area (Å²) in [6, 6.07) is 36.0. The van der Waals surface area contributed by atoms with Gasteiger partial charge in [-0.15, -0.1) is 0 Å². The van der Waals surface area contributed by atoms with Gasteiger partial charge in [-0.05, 0) is 75.3 Å². The first-order valence-corrected chi connectivity index (χ1v) is 11.5. The molecule has 3 heteroatoms. The van der Waals surface area contributed by atoms with Crippen molar-refractivity contribution in [1.29, 1.82) is 0 Å². The summed E-state index contributed by atoms with van der Waals surface area (Å²) in [5.41, 5.74) is 9.81. The standard InChI is InChI=1S/C32H21FN2/c33-31-13-11-24(12-14-31)22-1-5-25(6-2-22)28-9-10-29-19-30(21-35-32(29)20-28)26-7-3-23(4-8-26)27-15-17-34-18-16-27/h1-21H. The highest BCUT2D eigenvalue weighted by atomic mass is 19.1. The molecule has 2 heterocycles. The smallest absolute Gasteiger partial charge is 0.123 e. The molecule has 4 aromatic carbocycles. The molecule has 0 spiro atoms. The quantitative estimate of drug-likeness (QED) is 0.268. The van der Waals surface area contributed by atoms with E-state index in [1.165, 1.54) is 17.7 Å². The van der Waals surface area contributed by atoms with Crippen LogP contribution in [0.5, 0.6) is 0 Å². The molecular weight excluding hydrogens is 431 g/mol. The van der Waals surface area contributed by atoms with Gasteiger partial charge in [0.15, 0.2) is 0 Å². The summed E-state index contributed by atoms with van der Waals surface area (Å²) in [7, 11) is 0. The fraction of sp³-hybridized carbons (Fsp3) is 0. The van der Waals surface area contributed by atoms with Crippen molar-refractivity contribution < 1.29 is 4.39 Å². The maximum Gasteiger partial charge on any atom is 0.123 e. The van der Waals surface area contributed by atoms with Crippen LogP contribution in [0.3, 0.4) is 0 Å². The third-order valence-electron chi connectivity index (χ3n) is 6.31. The molecule has 0 unspecified atom stereocenters. The molecule has 0 N–H and O–H groups in total. The number of halogens is 1. The molecule has 0 aliphatic carbocycles. The van der Waals surface area contributed by atoms with Crippen molar-refractivity contribution in [1.82, 2.24) is 9.97 Å². The molecule has 6 rings (SSSR count). The Morgan fingerprint density at radius 2 is 0.886 bits per heavy atom. The predicted molar refractivity (Wildman–Crippen MR) is 141 cm³/mol. The second kappa shape index (κ2) is 8.96. The van der Waals surface area contributed by atoms with Crippen LogP contribution in [0.1, 0.15) is 0 Å². The zero-order chi connectivity index (χ0) is 23.6. The Morgan fingerprint density at radius 1 is 0.429 bits per heavy atom. The number of fused-ring (bicyclic) bond motifs is 1. The van der Waals surface area contributed by atoms with Gasteiger partial charge < -0.3 is 0 Å². The summed E-state index contributed by atoms with van der Waals surface area (Å²) in [4.78, 5) is 8.84. The molecule has 0 aliphatic rings. The Kier molecular flexibility index (Phi) is 5.36. The summed E-state index contributed by atoms with van der Waals surface area (Å²) in [6.45, 7) is 0. The van der Waals surface area contributed by atoms with Crippen molar-refractivity contribution in [3.63, 3.8) is 0 Å². The van der Waals surface area contributed by atoms with Crippen LogP contribution in [0.4, 0.5) is 4.39 Å². The molecule has 35 heavy (non-hydrogen) atoms. The molecule has 2 nitrogen and oxygen atoms in total. The van der Waals surface area contributed by atoms with E-state index in [-0.39, 0.29) is 5.82 Å². The molecular formula is C32H21FN2. The maximum absolute atomic E-state index is 13.2. The van der Waals surface area contributed by atoms with Crippen LogP contribution in [0, 0.1) is 5.82 Å². The molecule has 0 aliphatic heterocycles. The average Bonchev–Trinajstić information content (AvgIpc) is 2.94. The number of pyridine rings is 2. The molecule has 0 saturated carbocycles. The summed E-state index contributed by atoms with van der Waals surface area (Å²) >= 11 is 0. The first-order valence-electron chi connectivity index (χ1n) is 11.5.